The van der Waals surface area contributed by atoms with Gasteiger partial charge >= 0.3 is 0 Å². The molecule has 1 unspecified atom stereocenters. The number of aromatic nitrogens is 1. The fourth-order valence-electron chi connectivity index (χ4n) is 2.59. The summed E-state index contributed by atoms with van der Waals surface area (Å²) in [5, 5.41) is 3.77. The molecule has 5 nitrogen and oxygen atoms in total. The lowest BCUT2D eigenvalue weighted by molar-refractivity contribution is 0.0944. The van der Waals surface area contributed by atoms with Gasteiger partial charge in [0.25, 0.3) is 5.91 Å². The third kappa shape index (κ3) is 4.26. The quantitative estimate of drug-likeness (QED) is 0.582. The minimum absolute atomic E-state index is 0.124. The van der Waals surface area contributed by atoms with Gasteiger partial charge in [-0.3, -0.25) is 4.79 Å². The van der Waals surface area contributed by atoms with Gasteiger partial charge in [0.05, 0.1) is 30.3 Å². The highest BCUT2D eigenvalue weighted by Gasteiger charge is 2.20. The third-order valence-corrected chi connectivity index (χ3v) is 6.62. The molecule has 3 aromatic rings. The maximum Gasteiger partial charge on any atom is 0.263 e. The Balaban J connectivity index is 1.82. The van der Waals surface area contributed by atoms with Crippen molar-refractivity contribution in [2.45, 2.75) is 19.9 Å². The summed E-state index contributed by atoms with van der Waals surface area (Å²) >= 11 is 8.79. The molecule has 0 fully saturated rings. The van der Waals surface area contributed by atoms with E-state index in [0.29, 0.717) is 26.4 Å². The first-order chi connectivity index (χ1) is 12.9. The molecular weight excluding hydrogens is 404 g/mol. The molecule has 2 aromatic heterocycles. The Morgan fingerprint density at radius 3 is 2.52 bits per heavy atom. The van der Waals surface area contributed by atoms with Gasteiger partial charge in [-0.2, -0.15) is 0 Å². The van der Waals surface area contributed by atoms with Crippen molar-refractivity contribution in [3.8, 4) is 22.1 Å². The molecular formula is C19H19ClN2O3S2. The van der Waals surface area contributed by atoms with E-state index in [2.05, 4.69) is 10.3 Å². The van der Waals surface area contributed by atoms with Gasteiger partial charge in [-0.25, -0.2) is 4.98 Å². The number of hydrogen-bond donors (Lipinski definition) is 1. The van der Waals surface area contributed by atoms with Crippen molar-refractivity contribution >= 4 is 40.2 Å². The van der Waals surface area contributed by atoms with E-state index in [-0.39, 0.29) is 11.9 Å². The SMILES string of the molecule is COc1ccc(-c2nc(C)c(C(=O)NC(C)c3ccc(Cl)s3)s2)cc1OC. The summed E-state index contributed by atoms with van der Waals surface area (Å²) in [6.07, 6.45) is 0. The molecule has 27 heavy (non-hydrogen) atoms. The highest BCUT2D eigenvalue weighted by atomic mass is 35.5. The molecule has 0 aliphatic rings. The summed E-state index contributed by atoms with van der Waals surface area (Å²) in [6, 6.07) is 9.21. The number of ether oxygens (including phenoxy) is 2. The Bertz CT molecular complexity index is 968. The summed E-state index contributed by atoms with van der Waals surface area (Å²) in [4.78, 5) is 18.9. The van der Waals surface area contributed by atoms with Crippen LogP contribution in [0.25, 0.3) is 10.6 Å². The molecule has 3 rings (SSSR count). The van der Waals surface area contributed by atoms with Crippen LogP contribution < -0.4 is 14.8 Å². The molecule has 0 radical (unpaired) electrons. The molecule has 0 bridgehead atoms. The molecule has 0 saturated heterocycles. The Labute approximate surface area is 170 Å². The summed E-state index contributed by atoms with van der Waals surface area (Å²) in [5.41, 5.74) is 1.57. The van der Waals surface area contributed by atoms with Crippen molar-refractivity contribution in [1.82, 2.24) is 10.3 Å². The molecule has 0 saturated carbocycles. The normalized spacial score (nSPS) is 11.9. The van der Waals surface area contributed by atoms with Crippen LogP contribution in [-0.2, 0) is 0 Å². The molecule has 8 heteroatoms. The standard InChI is InChI=1S/C19H19ClN2O3S2/c1-10(15-7-8-16(20)26-15)21-18(23)17-11(2)22-19(27-17)12-5-6-13(24-3)14(9-12)25-4/h5-10H,1-4H3,(H,21,23). The van der Waals surface area contributed by atoms with Gasteiger partial charge in [-0.05, 0) is 44.2 Å². The van der Waals surface area contributed by atoms with Crippen LogP contribution in [0.3, 0.4) is 0 Å². The second kappa shape index (κ2) is 8.29. The van der Waals surface area contributed by atoms with Crippen LogP contribution in [0, 0.1) is 6.92 Å². The lowest BCUT2D eigenvalue weighted by atomic mass is 10.2. The fourth-order valence-corrected chi connectivity index (χ4v) is 4.62. The lowest BCUT2D eigenvalue weighted by Crippen LogP contribution is -2.25. The number of aryl methyl sites for hydroxylation is 1. The number of benzene rings is 1. The summed E-state index contributed by atoms with van der Waals surface area (Å²) in [6.45, 7) is 3.77. The number of thiazole rings is 1. The zero-order valence-electron chi connectivity index (χ0n) is 15.3. The van der Waals surface area contributed by atoms with Crippen molar-refractivity contribution in [2.24, 2.45) is 0 Å². The lowest BCUT2D eigenvalue weighted by Gasteiger charge is -2.11. The predicted molar refractivity (Wildman–Crippen MR) is 111 cm³/mol. The van der Waals surface area contributed by atoms with Gasteiger partial charge < -0.3 is 14.8 Å². The van der Waals surface area contributed by atoms with Gasteiger partial charge in [0.2, 0.25) is 0 Å². The third-order valence-electron chi connectivity index (χ3n) is 4.00. The van der Waals surface area contributed by atoms with E-state index in [4.69, 9.17) is 21.1 Å². The van der Waals surface area contributed by atoms with E-state index in [1.54, 1.807) is 14.2 Å². The number of hydrogen-bond acceptors (Lipinski definition) is 6. The van der Waals surface area contributed by atoms with E-state index < -0.39 is 0 Å². The summed E-state index contributed by atoms with van der Waals surface area (Å²) < 4.78 is 11.3. The Kier molecular flexibility index (Phi) is 6.04. The minimum Gasteiger partial charge on any atom is -0.493 e. The van der Waals surface area contributed by atoms with Crippen LogP contribution in [0.15, 0.2) is 30.3 Å². The Morgan fingerprint density at radius 2 is 1.89 bits per heavy atom. The smallest absolute Gasteiger partial charge is 0.263 e. The largest absolute Gasteiger partial charge is 0.493 e. The number of methoxy groups -OCH3 is 2. The molecule has 1 N–H and O–H groups in total. The topological polar surface area (TPSA) is 60.5 Å². The van der Waals surface area contributed by atoms with Crippen LogP contribution in [-0.4, -0.2) is 25.1 Å². The number of nitrogens with zero attached hydrogens (tertiary/aromatic N) is 1. The number of halogens is 1. The molecule has 1 aromatic carbocycles. The van der Waals surface area contributed by atoms with Gasteiger partial charge in [0, 0.05) is 10.4 Å². The predicted octanol–water partition coefficient (Wildman–Crippen LogP) is 5.34. The Hall–Kier alpha value is -2.09. The second-order valence-electron chi connectivity index (χ2n) is 5.84. The van der Waals surface area contributed by atoms with E-state index >= 15 is 0 Å². The number of amides is 1. The molecule has 142 valence electrons. The van der Waals surface area contributed by atoms with Crippen molar-refractivity contribution in [3.05, 3.63) is 50.1 Å². The average molecular weight is 423 g/mol. The molecule has 0 aliphatic carbocycles. The average Bonchev–Trinajstić information content (AvgIpc) is 3.27. The van der Waals surface area contributed by atoms with E-state index in [1.807, 2.05) is 44.2 Å². The van der Waals surface area contributed by atoms with Gasteiger partial charge in [0.15, 0.2) is 11.5 Å². The molecule has 1 amide bonds. The maximum atomic E-state index is 12.7. The highest BCUT2D eigenvalue weighted by Crippen LogP contribution is 2.35. The molecule has 2 heterocycles. The van der Waals surface area contributed by atoms with Crippen molar-refractivity contribution in [1.29, 1.82) is 0 Å². The minimum atomic E-state index is -0.145. The van der Waals surface area contributed by atoms with E-state index in [9.17, 15) is 4.79 Å². The monoisotopic (exact) mass is 422 g/mol. The number of rotatable bonds is 6. The van der Waals surface area contributed by atoms with Crippen molar-refractivity contribution < 1.29 is 14.3 Å². The van der Waals surface area contributed by atoms with Crippen LogP contribution >= 0.6 is 34.3 Å². The van der Waals surface area contributed by atoms with Crippen LogP contribution in [0.1, 0.15) is 33.2 Å². The Morgan fingerprint density at radius 1 is 1.15 bits per heavy atom. The van der Waals surface area contributed by atoms with Crippen molar-refractivity contribution in [2.75, 3.05) is 14.2 Å². The summed E-state index contributed by atoms with van der Waals surface area (Å²) in [7, 11) is 3.18. The number of thiophene rings is 1. The van der Waals surface area contributed by atoms with Crippen molar-refractivity contribution in [3.63, 3.8) is 0 Å². The van der Waals surface area contributed by atoms with Crippen LogP contribution in [0.5, 0.6) is 11.5 Å². The highest BCUT2D eigenvalue weighted by molar-refractivity contribution is 7.17. The van der Waals surface area contributed by atoms with Crippen LogP contribution in [0.4, 0.5) is 0 Å². The fraction of sp³-hybridized carbons (Fsp3) is 0.263. The first-order valence-electron chi connectivity index (χ1n) is 8.18. The van der Waals surface area contributed by atoms with Gasteiger partial charge in [0.1, 0.15) is 9.88 Å². The van der Waals surface area contributed by atoms with E-state index in [1.165, 1.54) is 22.7 Å². The summed E-state index contributed by atoms with van der Waals surface area (Å²) in [5.74, 6) is 1.13. The van der Waals surface area contributed by atoms with E-state index in [0.717, 1.165) is 15.4 Å². The molecule has 1 atom stereocenters. The van der Waals surface area contributed by atoms with Gasteiger partial charge in [-0.1, -0.05) is 11.6 Å². The number of nitrogens with one attached hydrogen (secondary N) is 1. The van der Waals surface area contributed by atoms with Crippen LogP contribution in [0.2, 0.25) is 4.34 Å². The first-order valence-corrected chi connectivity index (χ1v) is 10.2. The van der Waals surface area contributed by atoms with Gasteiger partial charge in [-0.15, -0.1) is 22.7 Å². The zero-order chi connectivity index (χ0) is 19.6. The first kappa shape index (κ1) is 19.7. The second-order valence-corrected chi connectivity index (χ2v) is 8.59. The number of carbonyl (C=O) groups is 1. The maximum absolute atomic E-state index is 12.7. The number of carbonyl (C=O) groups excluding carboxylic acids is 1. The molecule has 0 spiro atoms. The molecule has 0 aliphatic heterocycles. The zero-order valence-corrected chi connectivity index (χ0v) is 17.7.